The zero-order valence-electron chi connectivity index (χ0n) is 17.1. The van der Waals surface area contributed by atoms with Crippen molar-refractivity contribution in [3.8, 4) is 0 Å². The Hall–Kier alpha value is -3.06. The summed E-state index contributed by atoms with van der Waals surface area (Å²) in [5.74, 6) is -0.526. The fraction of sp³-hybridized carbons (Fsp3) is 0.318. The van der Waals surface area contributed by atoms with Crippen LogP contribution in [0.5, 0.6) is 0 Å². The lowest BCUT2D eigenvalue weighted by Gasteiger charge is -2.18. The molecule has 0 bridgehead atoms. The molecule has 1 aliphatic heterocycles. The van der Waals surface area contributed by atoms with E-state index in [2.05, 4.69) is 10.6 Å². The Morgan fingerprint density at radius 1 is 1.07 bits per heavy atom. The van der Waals surface area contributed by atoms with Gasteiger partial charge in [-0.25, -0.2) is 0 Å². The van der Waals surface area contributed by atoms with Gasteiger partial charge < -0.3 is 20.4 Å². The Kier molecular flexibility index (Phi) is 6.95. The van der Waals surface area contributed by atoms with Crippen molar-refractivity contribution < 1.29 is 14.4 Å². The molecule has 7 nitrogen and oxygen atoms in total. The van der Waals surface area contributed by atoms with E-state index in [4.69, 9.17) is 11.6 Å². The van der Waals surface area contributed by atoms with E-state index in [1.54, 1.807) is 61.5 Å². The van der Waals surface area contributed by atoms with Gasteiger partial charge in [0.15, 0.2) is 0 Å². The topological polar surface area (TPSA) is 81.8 Å². The molecule has 0 aromatic heterocycles. The van der Waals surface area contributed by atoms with E-state index >= 15 is 0 Å². The Labute approximate surface area is 181 Å². The van der Waals surface area contributed by atoms with Crippen LogP contribution in [0.1, 0.15) is 33.6 Å². The minimum Gasteiger partial charge on any atom is -0.375 e. The average molecular weight is 429 g/mol. The van der Waals surface area contributed by atoms with Crippen LogP contribution in [0.4, 0.5) is 11.4 Å². The highest BCUT2D eigenvalue weighted by Gasteiger charge is 2.22. The van der Waals surface area contributed by atoms with Gasteiger partial charge in [0.1, 0.15) is 0 Å². The van der Waals surface area contributed by atoms with Gasteiger partial charge in [0.05, 0.1) is 12.1 Å². The molecule has 1 aliphatic rings. The van der Waals surface area contributed by atoms with E-state index in [1.807, 2.05) is 0 Å². The fourth-order valence-corrected chi connectivity index (χ4v) is 3.48. The highest BCUT2D eigenvalue weighted by molar-refractivity contribution is 6.31. The molecule has 30 heavy (non-hydrogen) atoms. The molecule has 2 aromatic rings. The van der Waals surface area contributed by atoms with Crippen LogP contribution in [-0.4, -0.2) is 61.3 Å². The van der Waals surface area contributed by atoms with Gasteiger partial charge in [-0.05, 0) is 49.2 Å². The highest BCUT2D eigenvalue weighted by atomic mass is 35.5. The van der Waals surface area contributed by atoms with Crippen molar-refractivity contribution in [3.63, 3.8) is 0 Å². The summed E-state index contributed by atoms with van der Waals surface area (Å²) in [6, 6.07) is 11.8. The number of nitrogens with one attached hydrogen (secondary N) is 2. The van der Waals surface area contributed by atoms with Gasteiger partial charge in [0.2, 0.25) is 5.91 Å². The van der Waals surface area contributed by atoms with Crippen molar-refractivity contribution in [1.29, 1.82) is 0 Å². The number of carbonyl (C=O) groups is 3. The van der Waals surface area contributed by atoms with Crippen molar-refractivity contribution in [2.45, 2.75) is 12.8 Å². The maximum atomic E-state index is 12.8. The normalized spacial score (nSPS) is 13.1. The number of rotatable bonds is 6. The molecule has 0 atom stereocenters. The monoisotopic (exact) mass is 428 g/mol. The van der Waals surface area contributed by atoms with Gasteiger partial charge >= 0.3 is 0 Å². The van der Waals surface area contributed by atoms with E-state index in [-0.39, 0.29) is 24.3 Å². The first-order chi connectivity index (χ1) is 14.3. The predicted octanol–water partition coefficient (Wildman–Crippen LogP) is 3.33. The molecule has 0 unspecified atom stereocenters. The Morgan fingerprint density at radius 2 is 1.80 bits per heavy atom. The minimum absolute atomic E-state index is 0.0340. The number of benzene rings is 2. The maximum absolute atomic E-state index is 12.8. The lowest BCUT2D eigenvalue weighted by atomic mass is 10.1. The van der Waals surface area contributed by atoms with Gasteiger partial charge in [0.25, 0.3) is 11.8 Å². The molecule has 0 saturated carbocycles. The standard InChI is InChI=1S/C22H25ClN4O3/c1-26(2)21(29)15-6-5-7-17(12-15)25-20(28)14-24-19-9-8-16(23)13-18(19)22(30)27-10-3-4-11-27/h5-9,12-13,24H,3-4,10-11,14H2,1-2H3,(H,25,28). The molecule has 0 radical (unpaired) electrons. The van der Waals surface area contributed by atoms with Gasteiger partial charge in [-0.1, -0.05) is 17.7 Å². The van der Waals surface area contributed by atoms with Crippen LogP contribution in [0.15, 0.2) is 42.5 Å². The summed E-state index contributed by atoms with van der Waals surface area (Å²) in [7, 11) is 3.34. The summed E-state index contributed by atoms with van der Waals surface area (Å²) in [5, 5.41) is 6.26. The number of hydrogen-bond donors (Lipinski definition) is 2. The minimum atomic E-state index is -0.293. The third-order valence-corrected chi connectivity index (χ3v) is 5.08. The number of amides is 3. The van der Waals surface area contributed by atoms with Gasteiger partial charge in [-0.3, -0.25) is 14.4 Å². The van der Waals surface area contributed by atoms with E-state index in [0.717, 1.165) is 25.9 Å². The molecule has 1 fully saturated rings. The summed E-state index contributed by atoms with van der Waals surface area (Å²) in [6.45, 7) is 1.42. The van der Waals surface area contributed by atoms with Crippen LogP contribution in [0.25, 0.3) is 0 Å². The number of halogens is 1. The summed E-state index contributed by atoms with van der Waals surface area (Å²) in [6.07, 6.45) is 1.99. The van der Waals surface area contributed by atoms with Crippen LogP contribution in [-0.2, 0) is 4.79 Å². The van der Waals surface area contributed by atoms with Crippen molar-refractivity contribution in [3.05, 3.63) is 58.6 Å². The number of carbonyl (C=O) groups excluding carboxylic acids is 3. The summed E-state index contributed by atoms with van der Waals surface area (Å²) in [4.78, 5) is 40.6. The first-order valence-corrected chi connectivity index (χ1v) is 10.2. The maximum Gasteiger partial charge on any atom is 0.256 e. The first-order valence-electron chi connectivity index (χ1n) is 9.79. The highest BCUT2D eigenvalue weighted by Crippen LogP contribution is 2.24. The number of nitrogens with zero attached hydrogens (tertiary/aromatic N) is 2. The molecule has 0 spiro atoms. The molecular weight excluding hydrogens is 404 g/mol. The second-order valence-electron chi connectivity index (χ2n) is 7.37. The second kappa shape index (κ2) is 9.63. The third-order valence-electron chi connectivity index (χ3n) is 4.84. The summed E-state index contributed by atoms with van der Waals surface area (Å²) < 4.78 is 0. The van der Waals surface area contributed by atoms with Gasteiger partial charge in [0, 0.05) is 49.1 Å². The largest absolute Gasteiger partial charge is 0.375 e. The summed E-state index contributed by atoms with van der Waals surface area (Å²) in [5.41, 5.74) is 2.03. The zero-order chi connectivity index (χ0) is 21.7. The van der Waals surface area contributed by atoms with Crippen LogP contribution >= 0.6 is 11.6 Å². The molecule has 8 heteroatoms. The number of hydrogen-bond acceptors (Lipinski definition) is 4. The molecule has 1 saturated heterocycles. The Bertz CT molecular complexity index is 955. The lowest BCUT2D eigenvalue weighted by molar-refractivity contribution is -0.114. The van der Waals surface area contributed by atoms with Crippen LogP contribution in [0.2, 0.25) is 5.02 Å². The zero-order valence-corrected chi connectivity index (χ0v) is 17.8. The molecule has 3 amide bonds. The van der Waals surface area contributed by atoms with Gasteiger partial charge in [-0.15, -0.1) is 0 Å². The summed E-state index contributed by atoms with van der Waals surface area (Å²) >= 11 is 6.09. The smallest absolute Gasteiger partial charge is 0.256 e. The Morgan fingerprint density at radius 3 is 2.50 bits per heavy atom. The van der Waals surface area contributed by atoms with Gasteiger partial charge in [-0.2, -0.15) is 0 Å². The van der Waals surface area contributed by atoms with E-state index in [9.17, 15) is 14.4 Å². The van der Waals surface area contributed by atoms with Crippen molar-refractivity contribution in [2.75, 3.05) is 44.4 Å². The van der Waals surface area contributed by atoms with Crippen molar-refractivity contribution in [1.82, 2.24) is 9.80 Å². The van der Waals surface area contributed by atoms with E-state index in [1.165, 1.54) is 4.90 Å². The average Bonchev–Trinajstić information content (AvgIpc) is 3.26. The molecule has 2 aromatic carbocycles. The van der Waals surface area contributed by atoms with Crippen LogP contribution in [0.3, 0.4) is 0 Å². The van der Waals surface area contributed by atoms with Crippen LogP contribution in [0, 0.1) is 0 Å². The quantitative estimate of drug-likeness (QED) is 0.739. The number of likely N-dealkylation sites (tertiary alicyclic amines) is 1. The van der Waals surface area contributed by atoms with Crippen molar-refractivity contribution in [2.24, 2.45) is 0 Å². The third kappa shape index (κ3) is 5.30. The molecule has 0 aliphatic carbocycles. The van der Waals surface area contributed by atoms with Crippen LogP contribution < -0.4 is 10.6 Å². The first kappa shape index (κ1) is 21.6. The van der Waals surface area contributed by atoms with E-state index in [0.29, 0.717) is 27.5 Å². The fourth-order valence-electron chi connectivity index (χ4n) is 3.31. The number of anilines is 2. The van der Waals surface area contributed by atoms with E-state index < -0.39 is 0 Å². The lowest BCUT2D eigenvalue weighted by Crippen LogP contribution is -2.29. The van der Waals surface area contributed by atoms with Crippen molar-refractivity contribution >= 4 is 40.7 Å². The molecule has 158 valence electrons. The second-order valence-corrected chi connectivity index (χ2v) is 7.81. The molecule has 1 heterocycles. The predicted molar refractivity (Wildman–Crippen MR) is 118 cm³/mol. The SMILES string of the molecule is CN(C)C(=O)c1cccc(NC(=O)CNc2ccc(Cl)cc2C(=O)N2CCCC2)c1. The Balaban J connectivity index is 1.66. The molecule has 2 N–H and O–H groups in total. The molecule has 3 rings (SSSR count). The molecular formula is C22H25ClN4O3.